The van der Waals surface area contributed by atoms with Crippen molar-refractivity contribution in [2.75, 3.05) is 45.0 Å². The number of hydrogen-bond acceptors (Lipinski definition) is 7. The molecule has 11 heteroatoms. The lowest BCUT2D eigenvalue weighted by molar-refractivity contribution is -0.115. The van der Waals surface area contributed by atoms with Crippen LogP contribution < -0.4 is 20.1 Å². The summed E-state index contributed by atoms with van der Waals surface area (Å²) in [5, 5.41) is 5.16. The second-order valence-corrected chi connectivity index (χ2v) is 9.20. The standard InChI is InChI=1S/C21H23N3O7S/c1-14-2-4-16(11-19(14)32(27,28)24-6-8-29-9-7-24)23-20(25)12-22-21(26)15-3-5-17-18(10-15)31-13-30-17/h2-5,10-11H,6-9,12-13H2,1H3,(H,22,26)(H,23,25). The van der Waals surface area contributed by atoms with Gasteiger partial charge >= 0.3 is 0 Å². The maximum atomic E-state index is 13.0. The van der Waals surface area contributed by atoms with Crippen LogP contribution in [-0.4, -0.2) is 64.2 Å². The Labute approximate surface area is 185 Å². The van der Waals surface area contributed by atoms with Crippen LogP contribution in [-0.2, 0) is 19.6 Å². The van der Waals surface area contributed by atoms with Crippen LogP contribution in [0.5, 0.6) is 11.5 Å². The van der Waals surface area contributed by atoms with Crippen molar-refractivity contribution in [1.29, 1.82) is 0 Å². The van der Waals surface area contributed by atoms with Gasteiger partial charge in [-0.25, -0.2) is 8.42 Å². The first kappa shape index (κ1) is 22.1. The van der Waals surface area contributed by atoms with Crippen molar-refractivity contribution in [3.63, 3.8) is 0 Å². The SMILES string of the molecule is Cc1ccc(NC(=O)CNC(=O)c2ccc3c(c2)OCO3)cc1S(=O)(=O)N1CCOCC1. The molecule has 2 aromatic rings. The maximum absolute atomic E-state index is 13.0. The molecule has 0 aliphatic carbocycles. The van der Waals surface area contributed by atoms with Gasteiger partial charge in [-0.3, -0.25) is 9.59 Å². The number of fused-ring (bicyclic) bond motifs is 1. The number of anilines is 1. The molecule has 170 valence electrons. The number of hydrogen-bond donors (Lipinski definition) is 2. The number of amides is 2. The lowest BCUT2D eigenvalue weighted by Gasteiger charge is -2.26. The number of nitrogens with one attached hydrogen (secondary N) is 2. The van der Waals surface area contributed by atoms with E-state index in [0.717, 1.165) is 0 Å². The molecule has 4 rings (SSSR count). The largest absolute Gasteiger partial charge is 0.454 e. The fraction of sp³-hybridized carbons (Fsp3) is 0.333. The highest BCUT2D eigenvalue weighted by Crippen LogP contribution is 2.32. The van der Waals surface area contributed by atoms with Crippen molar-refractivity contribution in [3.05, 3.63) is 47.5 Å². The average Bonchev–Trinajstić information content (AvgIpc) is 3.27. The van der Waals surface area contributed by atoms with E-state index in [4.69, 9.17) is 14.2 Å². The van der Waals surface area contributed by atoms with Crippen LogP contribution >= 0.6 is 0 Å². The van der Waals surface area contributed by atoms with Crippen LogP contribution in [0, 0.1) is 6.92 Å². The van der Waals surface area contributed by atoms with Gasteiger partial charge in [0, 0.05) is 24.3 Å². The number of nitrogens with zero attached hydrogens (tertiary/aromatic N) is 1. The van der Waals surface area contributed by atoms with Gasteiger partial charge in [-0.1, -0.05) is 6.07 Å². The number of carbonyl (C=O) groups excluding carboxylic acids is 2. The van der Waals surface area contributed by atoms with Crippen molar-refractivity contribution in [2.45, 2.75) is 11.8 Å². The molecular weight excluding hydrogens is 438 g/mol. The lowest BCUT2D eigenvalue weighted by Crippen LogP contribution is -2.40. The van der Waals surface area contributed by atoms with Gasteiger partial charge in [-0.15, -0.1) is 0 Å². The fourth-order valence-corrected chi connectivity index (χ4v) is 5.05. The minimum Gasteiger partial charge on any atom is -0.454 e. The quantitative estimate of drug-likeness (QED) is 0.661. The van der Waals surface area contributed by atoms with E-state index in [0.29, 0.717) is 41.5 Å². The molecule has 2 heterocycles. The highest BCUT2D eigenvalue weighted by Gasteiger charge is 2.28. The summed E-state index contributed by atoms with van der Waals surface area (Å²) in [6.45, 7) is 2.77. The summed E-state index contributed by atoms with van der Waals surface area (Å²) < 4.78 is 43.0. The molecule has 1 saturated heterocycles. The van der Waals surface area contributed by atoms with Gasteiger partial charge in [0.25, 0.3) is 5.91 Å². The minimum atomic E-state index is -3.71. The van der Waals surface area contributed by atoms with Crippen molar-refractivity contribution >= 4 is 27.5 Å². The van der Waals surface area contributed by atoms with E-state index in [1.165, 1.54) is 16.4 Å². The van der Waals surface area contributed by atoms with E-state index >= 15 is 0 Å². The summed E-state index contributed by atoms with van der Waals surface area (Å²) in [7, 11) is -3.71. The first-order valence-corrected chi connectivity index (χ1v) is 11.4. The highest BCUT2D eigenvalue weighted by atomic mass is 32.2. The predicted octanol–water partition coefficient (Wildman–Crippen LogP) is 1.11. The molecule has 2 aliphatic heterocycles. The van der Waals surface area contributed by atoms with Gasteiger partial charge in [0.1, 0.15) is 0 Å². The molecule has 0 aromatic heterocycles. The predicted molar refractivity (Wildman–Crippen MR) is 114 cm³/mol. The van der Waals surface area contributed by atoms with Crippen LogP contribution in [0.15, 0.2) is 41.3 Å². The van der Waals surface area contributed by atoms with Gasteiger partial charge in [0.15, 0.2) is 11.5 Å². The van der Waals surface area contributed by atoms with Crippen LogP contribution in [0.4, 0.5) is 5.69 Å². The smallest absolute Gasteiger partial charge is 0.251 e. The molecule has 0 unspecified atom stereocenters. The number of aryl methyl sites for hydroxylation is 1. The first-order chi connectivity index (χ1) is 15.3. The van der Waals surface area contributed by atoms with Crippen LogP contribution in [0.3, 0.4) is 0 Å². The topological polar surface area (TPSA) is 123 Å². The summed E-state index contributed by atoms with van der Waals surface area (Å²) in [6.07, 6.45) is 0. The summed E-state index contributed by atoms with van der Waals surface area (Å²) in [6, 6.07) is 9.42. The Morgan fingerprint density at radius 2 is 1.78 bits per heavy atom. The Bertz CT molecular complexity index is 1140. The van der Waals surface area contributed by atoms with E-state index in [1.54, 1.807) is 31.2 Å². The number of ether oxygens (including phenoxy) is 3. The number of sulfonamides is 1. The molecule has 2 N–H and O–H groups in total. The van der Waals surface area contributed by atoms with Crippen molar-refractivity contribution in [2.24, 2.45) is 0 Å². The number of rotatable bonds is 6. The molecule has 0 bridgehead atoms. The van der Waals surface area contributed by atoms with Crippen molar-refractivity contribution in [1.82, 2.24) is 9.62 Å². The van der Waals surface area contributed by atoms with Gasteiger partial charge in [0.2, 0.25) is 22.7 Å². The van der Waals surface area contributed by atoms with Crippen molar-refractivity contribution < 1.29 is 32.2 Å². The Kier molecular flexibility index (Phi) is 6.31. The number of morpholine rings is 1. The monoisotopic (exact) mass is 461 g/mol. The molecule has 10 nitrogen and oxygen atoms in total. The molecule has 0 atom stereocenters. The molecule has 2 aromatic carbocycles. The van der Waals surface area contributed by atoms with Gasteiger partial charge in [0.05, 0.1) is 24.7 Å². The molecule has 32 heavy (non-hydrogen) atoms. The van der Waals surface area contributed by atoms with Crippen LogP contribution in [0.25, 0.3) is 0 Å². The van der Waals surface area contributed by atoms with Gasteiger partial charge in [-0.2, -0.15) is 4.31 Å². The molecule has 1 fully saturated rings. The first-order valence-electron chi connectivity index (χ1n) is 10.0. The van der Waals surface area contributed by atoms with Gasteiger partial charge < -0.3 is 24.8 Å². The minimum absolute atomic E-state index is 0.0998. The van der Waals surface area contributed by atoms with Gasteiger partial charge in [-0.05, 0) is 42.8 Å². The Morgan fingerprint density at radius 1 is 1.03 bits per heavy atom. The van der Waals surface area contributed by atoms with E-state index in [9.17, 15) is 18.0 Å². The molecule has 0 spiro atoms. The Balaban J connectivity index is 1.39. The highest BCUT2D eigenvalue weighted by molar-refractivity contribution is 7.89. The third kappa shape index (κ3) is 4.69. The van der Waals surface area contributed by atoms with Crippen molar-refractivity contribution in [3.8, 4) is 11.5 Å². The fourth-order valence-electron chi connectivity index (χ4n) is 3.39. The number of benzene rings is 2. The third-order valence-corrected chi connectivity index (χ3v) is 7.14. The zero-order chi connectivity index (χ0) is 22.7. The zero-order valence-corrected chi connectivity index (χ0v) is 18.2. The molecule has 2 aliphatic rings. The summed E-state index contributed by atoms with van der Waals surface area (Å²) in [5.74, 6) is 0.0906. The molecular formula is C21H23N3O7S. The zero-order valence-electron chi connectivity index (χ0n) is 17.4. The molecule has 0 radical (unpaired) electrons. The molecule has 0 saturated carbocycles. The second-order valence-electron chi connectivity index (χ2n) is 7.30. The summed E-state index contributed by atoms with van der Waals surface area (Å²) >= 11 is 0. The molecule has 2 amide bonds. The normalized spacial score (nSPS) is 15.9. The Morgan fingerprint density at radius 3 is 2.56 bits per heavy atom. The number of carbonyl (C=O) groups is 2. The van der Waals surface area contributed by atoms with Crippen LogP contribution in [0.1, 0.15) is 15.9 Å². The van der Waals surface area contributed by atoms with E-state index in [-0.39, 0.29) is 31.3 Å². The van der Waals surface area contributed by atoms with E-state index < -0.39 is 21.8 Å². The summed E-state index contributed by atoms with van der Waals surface area (Å²) in [4.78, 5) is 24.8. The van der Waals surface area contributed by atoms with E-state index in [1.807, 2.05) is 0 Å². The second kappa shape index (κ2) is 9.15. The maximum Gasteiger partial charge on any atom is 0.251 e. The lowest BCUT2D eigenvalue weighted by atomic mass is 10.2. The van der Waals surface area contributed by atoms with Crippen LogP contribution in [0.2, 0.25) is 0 Å². The third-order valence-electron chi connectivity index (χ3n) is 5.10. The Hall–Kier alpha value is -3.15. The average molecular weight is 461 g/mol. The summed E-state index contributed by atoms with van der Waals surface area (Å²) in [5.41, 5.74) is 1.23. The van der Waals surface area contributed by atoms with E-state index in [2.05, 4.69) is 10.6 Å².